The normalized spacial score (nSPS) is 12.2. The smallest absolute Gasteiger partial charge is 0.323 e. The lowest BCUT2D eigenvalue weighted by Crippen LogP contribution is -2.40. The van der Waals surface area contributed by atoms with Gasteiger partial charge in [-0.25, -0.2) is 0 Å². The molecule has 8 heteroatoms. The molecule has 0 amide bonds. The number of esters is 1. The first-order chi connectivity index (χ1) is 9.08. The number of aromatic nitrogens is 2. The SMILES string of the molecule is CCCNC(CSc1nnc(N(C)C)s1)C(=O)OC. The Morgan fingerprint density at radius 1 is 1.53 bits per heavy atom. The number of rotatable bonds is 8. The molecule has 1 atom stereocenters. The van der Waals surface area contributed by atoms with Gasteiger partial charge in [0.25, 0.3) is 0 Å². The summed E-state index contributed by atoms with van der Waals surface area (Å²) in [5.41, 5.74) is 0. The number of methoxy groups -OCH3 is 1. The Balaban J connectivity index is 2.52. The number of hydrogen-bond acceptors (Lipinski definition) is 8. The van der Waals surface area contributed by atoms with Gasteiger partial charge in [0.15, 0.2) is 4.34 Å². The van der Waals surface area contributed by atoms with Crippen LogP contribution in [0.3, 0.4) is 0 Å². The highest BCUT2D eigenvalue weighted by molar-refractivity contribution is 8.01. The molecular formula is C11H20N4O2S2. The Bertz CT molecular complexity index is 398. The number of anilines is 1. The minimum Gasteiger partial charge on any atom is -0.468 e. The summed E-state index contributed by atoms with van der Waals surface area (Å²) in [5.74, 6) is 0.354. The Kier molecular flexibility index (Phi) is 7.11. The maximum atomic E-state index is 11.6. The maximum absolute atomic E-state index is 11.6. The van der Waals surface area contributed by atoms with E-state index in [1.54, 1.807) is 0 Å². The second-order valence-corrected chi connectivity index (χ2v) is 6.31. The Labute approximate surface area is 121 Å². The van der Waals surface area contributed by atoms with Crippen molar-refractivity contribution in [2.75, 3.05) is 38.4 Å². The Morgan fingerprint density at radius 3 is 2.79 bits per heavy atom. The van der Waals surface area contributed by atoms with E-state index >= 15 is 0 Å². The molecule has 0 bridgehead atoms. The van der Waals surface area contributed by atoms with Gasteiger partial charge in [-0.15, -0.1) is 10.2 Å². The molecule has 0 spiro atoms. The summed E-state index contributed by atoms with van der Waals surface area (Å²) in [7, 11) is 5.26. The van der Waals surface area contributed by atoms with Gasteiger partial charge >= 0.3 is 5.97 Å². The third-order valence-electron chi connectivity index (χ3n) is 2.28. The van der Waals surface area contributed by atoms with E-state index in [4.69, 9.17) is 4.74 Å². The van der Waals surface area contributed by atoms with Crippen LogP contribution in [0.25, 0.3) is 0 Å². The topological polar surface area (TPSA) is 67.4 Å². The number of carbonyl (C=O) groups excluding carboxylic acids is 1. The lowest BCUT2D eigenvalue weighted by molar-refractivity contribution is -0.142. The molecule has 1 aromatic rings. The molecule has 0 fully saturated rings. The highest BCUT2D eigenvalue weighted by atomic mass is 32.2. The average molecular weight is 304 g/mol. The minimum atomic E-state index is -0.304. The zero-order valence-corrected chi connectivity index (χ0v) is 13.3. The van der Waals surface area contributed by atoms with Crippen LogP contribution in [0.1, 0.15) is 13.3 Å². The van der Waals surface area contributed by atoms with Crippen LogP contribution in [0.5, 0.6) is 0 Å². The molecule has 1 aromatic heterocycles. The predicted octanol–water partition coefficient (Wildman–Crippen LogP) is 1.24. The highest BCUT2D eigenvalue weighted by Crippen LogP contribution is 2.27. The molecule has 0 radical (unpaired) electrons. The number of nitrogens with zero attached hydrogens (tertiary/aromatic N) is 3. The van der Waals surface area contributed by atoms with Crippen molar-refractivity contribution in [3.8, 4) is 0 Å². The van der Waals surface area contributed by atoms with Crippen molar-refractivity contribution < 1.29 is 9.53 Å². The summed E-state index contributed by atoms with van der Waals surface area (Å²) in [4.78, 5) is 13.5. The monoisotopic (exact) mass is 304 g/mol. The van der Waals surface area contributed by atoms with Crippen LogP contribution in [0.4, 0.5) is 5.13 Å². The van der Waals surface area contributed by atoms with Gasteiger partial charge in [-0.3, -0.25) is 4.79 Å². The van der Waals surface area contributed by atoms with E-state index in [1.807, 2.05) is 19.0 Å². The fourth-order valence-electron chi connectivity index (χ4n) is 1.27. The quantitative estimate of drug-likeness (QED) is 0.572. The summed E-state index contributed by atoms with van der Waals surface area (Å²) in [6.45, 7) is 2.85. The molecule has 0 aliphatic rings. The number of thioether (sulfide) groups is 1. The lowest BCUT2D eigenvalue weighted by atomic mass is 10.3. The first kappa shape index (κ1) is 16.2. The fourth-order valence-corrected chi connectivity index (χ4v) is 3.09. The molecule has 0 aliphatic heterocycles. The second-order valence-electron chi connectivity index (χ2n) is 4.09. The standard InChI is InChI=1S/C11H20N4O2S2/c1-5-6-12-8(9(16)17-4)7-18-11-14-13-10(19-11)15(2)3/h8,12H,5-7H2,1-4H3. The number of hydrogen-bond donors (Lipinski definition) is 1. The molecule has 108 valence electrons. The molecule has 1 unspecified atom stereocenters. The third kappa shape index (κ3) is 5.33. The van der Waals surface area contributed by atoms with Crippen LogP contribution >= 0.6 is 23.1 Å². The van der Waals surface area contributed by atoms with Crippen molar-refractivity contribution in [3.05, 3.63) is 0 Å². The maximum Gasteiger partial charge on any atom is 0.323 e. The van der Waals surface area contributed by atoms with Crippen LogP contribution in [-0.2, 0) is 9.53 Å². The van der Waals surface area contributed by atoms with Crippen molar-refractivity contribution in [1.82, 2.24) is 15.5 Å². The Morgan fingerprint density at radius 2 is 2.26 bits per heavy atom. The average Bonchev–Trinajstić information content (AvgIpc) is 2.87. The van der Waals surface area contributed by atoms with Crippen LogP contribution in [0.2, 0.25) is 0 Å². The van der Waals surface area contributed by atoms with Gasteiger partial charge in [0.05, 0.1) is 7.11 Å². The van der Waals surface area contributed by atoms with Crippen molar-refractivity contribution in [2.45, 2.75) is 23.7 Å². The second kappa shape index (κ2) is 8.34. The van der Waals surface area contributed by atoms with E-state index in [9.17, 15) is 4.79 Å². The molecule has 1 N–H and O–H groups in total. The van der Waals surface area contributed by atoms with E-state index in [0.29, 0.717) is 5.75 Å². The fraction of sp³-hybridized carbons (Fsp3) is 0.727. The number of carbonyl (C=O) groups is 1. The number of nitrogens with one attached hydrogen (secondary N) is 1. The van der Waals surface area contributed by atoms with E-state index < -0.39 is 0 Å². The molecule has 0 saturated heterocycles. The van der Waals surface area contributed by atoms with Crippen molar-refractivity contribution in [3.63, 3.8) is 0 Å². The van der Waals surface area contributed by atoms with Gasteiger partial charge in [0.1, 0.15) is 6.04 Å². The molecular weight excluding hydrogens is 284 g/mol. The summed E-state index contributed by atoms with van der Waals surface area (Å²) in [6.07, 6.45) is 0.974. The van der Waals surface area contributed by atoms with Gasteiger partial charge in [-0.2, -0.15) is 0 Å². The van der Waals surface area contributed by atoms with E-state index in [-0.39, 0.29) is 12.0 Å². The molecule has 0 aromatic carbocycles. The third-order valence-corrected chi connectivity index (χ3v) is 4.60. The molecule has 1 heterocycles. The first-order valence-electron chi connectivity index (χ1n) is 6.03. The Hall–Kier alpha value is -0.860. The largest absolute Gasteiger partial charge is 0.468 e. The first-order valence-corrected chi connectivity index (χ1v) is 7.83. The van der Waals surface area contributed by atoms with Crippen LogP contribution in [-0.4, -0.2) is 55.7 Å². The molecule has 0 saturated carbocycles. The highest BCUT2D eigenvalue weighted by Gasteiger charge is 2.19. The summed E-state index contributed by atoms with van der Waals surface area (Å²) < 4.78 is 5.64. The van der Waals surface area contributed by atoms with E-state index in [0.717, 1.165) is 22.4 Å². The number of ether oxygens (including phenoxy) is 1. The molecule has 0 aliphatic carbocycles. The van der Waals surface area contributed by atoms with Gasteiger partial charge in [-0.1, -0.05) is 30.0 Å². The van der Waals surface area contributed by atoms with E-state index in [2.05, 4.69) is 22.4 Å². The van der Waals surface area contributed by atoms with E-state index in [1.165, 1.54) is 30.2 Å². The van der Waals surface area contributed by atoms with Crippen molar-refractivity contribution in [1.29, 1.82) is 0 Å². The molecule has 6 nitrogen and oxygen atoms in total. The van der Waals surface area contributed by atoms with Crippen LogP contribution in [0, 0.1) is 0 Å². The summed E-state index contributed by atoms with van der Waals surface area (Å²) >= 11 is 3.03. The lowest BCUT2D eigenvalue weighted by Gasteiger charge is -2.14. The molecule has 1 rings (SSSR count). The van der Waals surface area contributed by atoms with Gasteiger partial charge in [-0.05, 0) is 13.0 Å². The zero-order chi connectivity index (χ0) is 14.3. The summed E-state index contributed by atoms with van der Waals surface area (Å²) in [6, 6.07) is -0.304. The van der Waals surface area contributed by atoms with Gasteiger partial charge < -0.3 is 15.0 Å². The van der Waals surface area contributed by atoms with Crippen LogP contribution in [0.15, 0.2) is 4.34 Å². The van der Waals surface area contributed by atoms with Gasteiger partial charge in [0.2, 0.25) is 5.13 Å². The summed E-state index contributed by atoms with van der Waals surface area (Å²) in [5, 5.41) is 12.2. The van der Waals surface area contributed by atoms with Crippen molar-refractivity contribution >= 4 is 34.2 Å². The minimum absolute atomic E-state index is 0.238. The van der Waals surface area contributed by atoms with Gasteiger partial charge in [0, 0.05) is 19.8 Å². The zero-order valence-electron chi connectivity index (χ0n) is 11.7. The van der Waals surface area contributed by atoms with Crippen molar-refractivity contribution in [2.24, 2.45) is 0 Å². The van der Waals surface area contributed by atoms with Crippen LogP contribution < -0.4 is 10.2 Å². The predicted molar refractivity (Wildman–Crippen MR) is 79.1 cm³/mol. The molecule has 19 heavy (non-hydrogen) atoms.